The Bertz CT molecular complexity index is 1080. The fourth-order valence-electron chi connectivity index (χ4n) is 3.79. The number of aliphatic hydroxyl groups is 1. The number of hydrogen-bond donors (Lipinski definition) is 1. The van der Waals surface area contributed by atoms with Gasteiger partial charge in [0.2, 0.25) is 0 Å². The third-order valence-corrected chi connectivity index (χ3v) is 5.40. The molecule has 0 aliphatic carbocycles. The Morgan fingerprint density at radius 3 is 2.41 bits per heavy atom. The lowest BCUT2D eigenvalue weighted by atomic mass is 9.93. The van der Waals surface area contributed by atoms with E-state index in [2.05, 4.69) is 0 Å². The summed E-state index contributed by atoms with van der Waals surface area (Å²) in [6.45, 7) is 2.36. The largest absolute Gasteiger partial charge is 0.507 e. The van der Waals surface area contributed by atoms with Crippen molar-refractivity contribution < 1.29 is 29.1 Å². The second-order valence-electron chi connectivity index (χ2n) is 7.37. The van der Waals surface area contributed by atoms with Crippen molar-refractivity contribution in [2.45, 2.75) is 19.4 Å². The van der Waals surface area contributed by atoms with Crippen LogP contribution >= 0.6 is 0 Å². The number of nitrogens with zero attached hydrogens (tertiary/aromatic N) is 2. The molecule has 0 radical (unpaired) electrons. The maximum Gasteiger partial charge on any atom is 0.295 e. The molecule has 0 aromatic heterocycles. The quantitative estimate of drug-likeness (QED) is 0.167. The fourth-order valence-corrected chi connectivity index (χ4v) is 3.79. The molecular formula is C23H24N2O7. The molecule has 0 bridgehead atoms. The SMILES string of the molecule is COCCCN1C(=O)C(=O)C(=C(O)c2ccc(OC)cc2C)[C@H]1c1ccc([N+](=O)[O-])cc1. The van der Waals surface area contributed by atoms with Gasteiger partial charge in [-0.3, -0.25) is 19.7 Å². The molecule has 0 spiro atoms. The molecule has 1 aliphatic rings. The molecule has 1 N–H and O–H groups in total. The van der Waals surface area contributed by atoms with Gasteiger partial charge in [-0.05, 0) is 54.8 Å². The van der Waals surface area contributed by atoms with Crippen LogP contribution < -0.4 is 4.74 Å². The van der Waals surface area contributed by atoms with Gasteiger partial charge in [0.15, 0.2) is 0 Å². The lowest BCUT2D eigenvalue weighted by molar-refractivity contribution is -0.384. The number of aryl methyl sites for hydroxylation is 1. The number of nitro benzene ring substituents is 1. The van der Waals surface area contributed by atoms with Crippen molar-refractivity contribution in [3.05, 3.63) is 74.8 Å². The zero-order valence-electron chi connectivity index (χ0n) is 18.0. The van der Waals surface area contributed by atoms with Gasteiger partial charge in [-0.25, -0.2) is 0 Å². The van der Waals surface area contributed by atoms with E-state index < -0.39 is 22.7 Å². The summed E-state index contributed by atoms with van der Waals surface area (Å²) in [5, 5.41) is 22.2. The van der Waals surface area contributed by atoms with Gasteiger partial charge in [0.25, 0.3) is 17.4 Å². The summed E-state index contributed by atoms with van der Waals surface area (Å²) in [6.07, 6.45) is 0.481. The van der Waals surface area contributed by atoms with E-state index in [0.29, 0.717) is 35.5 Å². The number of carbonyl (C=O) groups excluding carboxylic acids is 2. The molecule has 9 heteroatoms. The third kappa shape index (κ3) is 4.33. The summed E-state index contributed by atoms with van der Waals surface area (Å²) in [5.74, 6) is -1.26. The highest BCUT2D eigenvalue weighted by molar-refractivity contribution is 6.46. The number of Topliss-reactive ketones (excluding diaryl/α,β-unsaturated/α-hetero) is 1. The van der Waals surface area contributed by atoms with Crippen LogP contribution in [0.15, 0.2) is 48.0 Å². The van der Waals surface area contributed by atoms with Crippen LogP contribution in [-0.2, 0) is 14.3 Å². The minimum absolute atomic E-state index is 0.0606. The van der Waals surface area contributed by atoms with Crippen molar-refractivity contribution in [3.63, 3.8) is 0 Å². The lowest BCUT2D eigenvalue weighted by Crippen LogP contribution is -2.31. The zero-order chi connectivity index (χ0) is 23.4. The molecule has 0 unspecified atom stereocenters. The number of hydrogen-bond acceptors (Lipinski definition) is 7. The highest BCUT2D eigenvalue weighted by Crippen LogP contribution is 2.40. The molecule has 1 heterocycles. The predicted octanol–water partition coefficient (Wildman–Crippen LogP) is 3.37. The molecule has 9 nitrogen and oxygen atoms in total. The highest BCUT2D eigenvalue weighted by atomic mass is 16.6. The van der Waals surface area contributed by atoms with Crippen LogP contribution in [-0.4, -0.2) is 54.0 Å². The van der Waals surface area contributed by atoms with E-state index in [9.17, 15) is 24.8 Å². The van der Waals surface area contributed by atoms with Crippen LogP contribution in [0.1, 0.15) is 29.2 Å². The van der Waals surface area contributed by atoms with Gasteiger partial charge < -0.3 is 19.5 Å². The van der Waals surface area contributed by atoms with Crippen LogP contribution in [0.2, 0.25) is 0 Å². The van der Waals surface area contributed by atoms with Gasteiger partial charge in [-0.1, -0.05) is 0 Å². The number of nitro groups is 1. The number of ether oxygens (including phenoxy) is 2. The van der Waals surface area contributed by atoms with Crippen LogP contribution in [0, 0.1) is 17.0 Å². The number of rotatable bonds is 8. The van der Waals surface area contributed by atoms with Crippen molar-refractivity contribution in [2.75, 3.05) is 27.4 Å². The first kappa shape index (κ1) is 23.0. The van der Waals surface area contributed by atoms with Gasteiger partial charge in [0, 0.05) is 38.0 Å². The number of benzene rings is 2. The monoisotopic (exact) mass is 440 g/mol. The second-order valence-corrected chi connectivity index (χ2v) is 7.37. The molecule has 32 heavy (non-hydrogen) atoms. The Morgan fingerprint density at radius 1 is 1.16 bits per heavy atom. The molecule has 1 saturated heterocycles. The molecular weight excluding hydrogens is 416 g/mol. The first-order chi connectivity index (χ1) is 15.3. The Morgan fingerprint density at radius 2 is 1.84 bits per heavy atom. The van der Waals surface area contributed by atoms with E-state index in [1.807, 2.05) is 0 Å². The summed E-state index contributed by atoms with van der Waals surface area (Å²) in [4.78, 5) is 37.7. The van der Waals surface area contributed by atoms with Crippen molar-refractivity contribution in [1.82, 2.24) is 4.90 Å². The van der Waals surface area contributed by atoms with Gasteiger partial charge in [0.1, 0.15) is 11.5 Å². The first-order valence-electron chi connectivity index (χ1n) is 9.96. The Balaban J connectivity index is 2.14. The first-order valence-corrected chi connectivity index (χ1v) is 9.96. The molecule has 3 rings (SSSR count). The summed E-state index contributed by atoms with van der Waals surface area (Å²) >= 11 is 0. The smallest absolute Gasteiger partial charge is 0.295 e. The van der Waals surface area contributed by atoms with E-state index >= 15 is 0 Å². The molecule has 1 atom stereocenters. The van der Waals surface area contributed by atoms with E-state index in [0.717, 1.165) is 0 Å². The lowest BCUT2D eigenvalue weighted by Gasteiger charge is -2.25. The molecule has 0 saturated carbocycles. The summed E-state index contributed by atoms with van der Waals surface area (Å²) in [5.41, 5.74) is 1.37. The normalized spacial score (nSPS) is 17.6. The number of aliphatic hydroxyl groups excluding tert-OH is 1. The minimum atomic E-state index is -0.880. The van der Waals surface area contributed by atoms with Crippen molar-refractivity contribution in [2.24, 2.45) is 0 Å². The molecule has 2 aromatic rings. The minimum Gasteiger partial charge on any atom is -0.507 e. The number of non-ortho nitro benzene ring substituents is 1. The van der Waals surface area contributed by atoms with Gasteiger partial charge in [-0.15, -0.1) is 0 Å². The highest BCUT2D eigenvalue weighted by Gasteiger charge is 2.46. The number of ketones is 1. The number of likely N-dealkylation sites (tertiary alicyclic amines) is 1. The average molecular weight is 440 g/mol. The van der Waals surface area contributed by atoms with E-state index in [1.165, 1.54) is 43.4 Å². The van der Waals surface area contributed by atoms with Crippen LogP contribution in [0.25, 0.3) is 5.76 Å². The molecule has 1 amide bonds. The van der Waals surface area contributed by atoms with Crippen molar-refractivity contribution in [3.8, 4) is 5.75 Å². The van der Waals surface area contributed by atoms with Gasteiger partial charge in [0.05, 0.1) is 23.6 Å². The molecule has 1 fully saturated rings. The summed E-state index contributed by atoms with van der Waals surface area (Å²) in [7, 11) is 3.06. The maximum absolute atomic E-state index is 13.0. The third-order valence-electron chi connectivity index (χ3n) is 5.40. The average Bonchev–Trinajstić information content (AvgIpc) is 3.03. The van der Waals surface area contributed by atoms with E-state index in [4.69, 9.17) is 9.47 Å². The zero-order valence-corrected chi connectivity index (χ0v) is 18.0. The number of amides is 1. The maximum atomic E-state index is 13.0. The number of carbonyl (C=O) groups is 2. The second kappa shape index (κ2) is 9.61. The Kier molecular flexibility index (Phi) is 6.89. The number of methoxy groups -OCH3 is 2. The van der Waals surface area contributed by atoms with Crippen molar-refractivity contribution in [1.29, 1.82) is 0 Å². The topological polar surface area (TPSA) is 119 Å². The summed E-state index contributed by atoms with van der Waals surface area (Å²) in [6, 6.07) is 9.70. The standard InChI is InChI=1S/C23H24N2O7/c1-14-13-17(32-3)9-10-18(14)21(26)19-20(15-5-7-16(8-6-15)25(29)30)24(11-4-12-31-2)23(28)22(19)27/h5-10,13,20,26H,4,11-12H2,1-3H3/t20-/m1/s1. The predicted molar refractivity (Wildman–Crippen MR) is 116 cm³/mol. The molecule has 2 aromatic carbocycles. The van der Waals surface area contributed by atoms with Gasteiger partial charge in [-0.2, -0.15) is 0 Å². The summed E-state index contributed by atoms with van der Waals surface area (Å²) < 4.78 is 10.2. The fraction of sp³-hybridized carbons (Fsp3) is 0.304. The molecule has 168 valence electrons. The Labute approximate surface area is 185 Å². The molecule has 1 aliphatic heterocycles. The Hall–Kier alpha value is -3.72. The van der Waals surface area contributed by atoms with Crippen molar-refractivity contribution >= 4 is 23.1 Å². The van der Waals surface area contributed by atoms with Crippen LogP contribution in [0.5, 0.6) is 5.75 Å². The van der Waals surface area contributed by atoms with E-state index in [1.54, 1.807) is 25.1 Å². The van der Waals surface area contributed by atoms with E-state index in [-0.39, 0.29) is 23.6 Å². The van der Waals surface area contributed by atoms with Crippen LogP contribution in [0.3, 0.4) is 0 Å². The van der Waals surface area contributed by atoms with Crippen LogP contribution in [0.4, 0.5) is 5.69 Å². The van der Waals surface area contributed by atoms with Gasteiger partial charge >= 0.3 is 0 Å².